The van der Waals surface area contributed by atoms with Crippen LogP contribution in [0.3, 0.4) is 0 Å². The summed E-state index contributed by atoms with van der Waals surface area (Å²) in [6.07, 6.45) is 6.21. The fraction of sp³-hybridized carbons (Fsp3) is 0.714. The molecular weight excluding hydrogens is 94.9 g/mol. The molecule has 0 fully saturated rings. The summed E-state index contributed by atoms with van der Waals surface area (Å²) in [6.45, 7) is 2.25. The zero-order valence-corrected chi connectivity index (χ0v) is 5.43. The van der Waals surface area contributed by atoms with Gasteiger partial charge in [0.15, 0.2) is 0 Å². The van der Waals surface area contributed by atoms with Gasteiger partial charge in [-0.25, -0.2) is 0 Å². The van der Waals surface area contributed by atoms with Crippen molar-refractivity contribution >= 4 is 7.28 Å². The third-order valence-corrected chi connectivity index (χ3v) is 1.75. The molecule has 0 spiro atoms. The van der Waals surface area contributed by atoms with E-state index in [4.69, 9.17) is 0 Å². The molecule has 8 heavy (non-hydrogen) atoms. The highest BCUT2D eigenvalue weighted by Gasteiger charge is 2.06. The third kappa shape index (κ3) is 1.39. The SMILES string of the molecule is CCC1[B]C=CCC1. The molecule has 1 heterocycles. The van der Waals surface area contributed by atoms with Crippen LogP contribution in [0.2, 0.25) is 5.82 Å². The van der Waals surface area contributed by atoms with Crippen molar-refractivity contribution in [2.45, 2.75) is 32.0 Å². The zero-order chi connectivity index (χ0) is 5.82. The molecule has 1 radical (unpaired) electrons. The Labute approximate surface area is 52.2 Å². The lowest BCUT2D eigenvalue weighted by Crippen LogP contribution is -2.03. The highest BCUT2D eigenvalue weighted by Crippen LogP contribution is 2.19. The lowest BCUT2D eigenvalue weighted by Gasteiger charge is -2.12. The second-order valence-corrected chi connectivity index (χ2v) is 2.37. The van der Waals surface area contributed by atoms with E-state index >= 15 is 0 Å². The average Bonchev–Trinajstić information content (AvgIpc) is 1.90. The van der Waals surface area contributed by atoms with Crippen LogP contribution < -0.4 is 0 Å². The average molecular weight is 107 g/mol. The van der Waals surface area contributed by atoms with Crippen LogP contribution in [0.25, 0.3) is 0 Å². The highest BCUT2D eigenvalue weighted by atomic mass is 14.0. The molecule has 0 amide bonds. The van der Waals surface area contributed by atoms with E-state index in [1.807, 2.05) is 0 Å². The Bertz CT molecular complexity index is 86.4. The quantitative estimate of drug-likeness (QED) is 0.450. The van der Waals surface area contributed by atoms with Gasteiger partial charge in [-0.15, -0.1) is 5.98 Å². The zero-order valence-electron chi connectivity index (χ0n) is 5.43. The van der Waals surface area contributed by atoms with Gasteiger partial charge >= 0.3 is 0 Å². The van der Waals surface area contributed by atoms with E-state index in [1.165, 1.54) is 19.3 Å². The summed E-state index contributed by atoms with van der Waals surface area (Å²) in [4.78, 5) is 0. The van der Waals surface area contributed by atoms with Gasteiger partial charge in [0.05, 0.1) is 0 Å². The molecule has 0 aromatic rings. The predicted molar refractivity (Wildman–Crippen MR) is 38.2 cm³/mol. The highest BCUT2D eigenvalue weighted by molar-refractivity contribution is 6.44. The Hall–Kier alpha value is -0.195. The minimum absolute atomic E-state index is 0.875. The monoisotopic (exact) mass is 107 g/mol. The number of hydrogen-bond acceptors (Lipinski definition) is 0. The Morgan fingerprint density at radius 1 is 1.75 bits per heavy atom. The molecule has 0 aliphatic carbocycles. The Kier molecular flexibility index (Phi) is 2.19. The molecule has 0 bridgehead atoms. The van der Waals surface area contributed by atoms with Gasteiger partial charge in [-0.05, 0) is 6.42 Å². The molecule has 0 aromatic carbocycles. The van der Waals surface area contributed by atoms with Crippen LogP contribution in [0.5, 0.6) is 0 Å². The summed E-state index contributed by atoms with van der Waals surface area (Å²) in [7, 11) is 2.31. The van der Waals surface area contributed by atoms with E-state index < -0.39 is 0 Å². The minimum atomic E-state index is 0.875. The van der Waals surface area contributed by atoms with Crippen LogP contribution in [0.4, 0.5) is 0 Å². The summed E-state index contributed by atoms with van der Waals surface area (Å²) in [6, 6.07) is 0. The van der Waals surface area contributed by atoms with Crippen molar-refractivity contribution in [1.29, 1.82) is 0 Å². The van der Waals surface area contributed by atoms with Gasteiger partial charge in [0, 0.05) is 0 Å². The van der Waals surface area contributed by atoms with Gasteiger partial charge in [0.25, 0.3) is 0 Å². The van der Waals surface area contributed by atoms with Gasteiger partial charge in [0.1, 0.15) is 7.28 Å². The molecule has 1 rings (SSSR count). The Morgan fingerprint density at radius 3 is 3.00 bits per heavy atom. The van der Waals surface area contributed by atoms with Crippen molar-refractivity contribution in [1.82, 2.24) is 0 Å². The van der Waals surface area contributed by atoms with E-state index in [-0.39, 0.29) is 0 Å². The molecule has 1 unspecified atom stereocenters. The standard InChI is InChI=1S/C7H12B/c1-2-7-5-3-4-6-8-7/h4,6-7H,2-3,5H2,1H3. The molecule has 43 valence electrons. The second-order valence-electron chi connectivity index (χ2n) is 2.37. The maximum absolute atomic E-state index is 2.31. The number of allylic oxidation sites excluding steroid dienone is 1. The van der Waals surface area contributed by atoms with Crippen molar-refractivity contribution in [3.8, 4) is 0 Å². The van der Waals surface area contributed by atoms with E-state index in [9.17, 15) is 0 Å². The predicted octanol–water partition coefficient (Wildman–Crippen LogP) is 2.20. The summed E-state index contributed by atoms with van der Waals surface area (Å²) in [5, 5.41) is 0. The maximum Gasteiger partial charge on any atom is 0.144 e. The van der Waals surface area contributed by atoms with Crippen molar-refractivity contribution in [3.63, 3.8) is 0 Å². The van der Waals surface area contributed by atoms with Gasteiger partial charge in [-0.3, -0.25) is 0 Å². The Balaban J connectivity index is 2.27. The fourth-order valence-electron chi connectivity index (χ4n) is 1.08. The summed E-state index contributed by atoms with van der Waals surface area (Å²) < 4.78 is 0. The summed E-state index contributed by atoms with van der Waals surface area (Å²) in [5.74, 6) is 3.07. The fourth-order valence-corrected chi connectivity index (χ4v) is 1.08. The molecule has 1 heteroatoms. The first-order valence-electron chi connectivity index (χ1n) is 3.43. The molecule has 0 saturated carbocycles. The lowest BCUT2D eigenvalue weighted by molar-refractivity contribution is 0.714. The van der Waals surface area contributed by atoms with Gasteiger partial charge in [-0.2, -0.15) is 0 Å². The van der Waals surface area contributed by atoms with Crippen LogP contribution in [-0.4, -0.2) is 7.28 Å². The smallest absolute Gasteiger partial charge is 0.126 e. The molecule has 1 aliphatic rings. The van der Waals surface area contributed by atoms with Crippen LogP contribution in [-0.2, 0) is 0 Å². The van der Waals surface area contributed by atoms with Gasteiger partial charge < -0.3 is 0 Å². The molecule has 0 nitrogen and oxygen atoms in total. The van der Waals surface area contributed by atoms with Gasteiger partial charge in [-0.1, -0.05) is 31.7 Å². The summed E-state index contributed by atoms with van der Waals surface area (Å²) in [5.41, 5.74) is 0. The van der Waals surface area contributed by atoms with E-state index in [0.29, 0.717) is 0 Å². The first kappa shape index (κ1) is 5.93. The topological polar surface area (TPSA) is 0 Å². The van der Waals surface area contributed by atoms with Crippen molar-refractivity contribution in [2.75, 3.05) is 0 Å². The number of hydrogen-bond donors (Lipinski definition) is 0. The van der Waals surface area contributed by atoms with Crippen molar-refractivity contribution in [3.05, 3.63) is 12.1 Å². The van der Waals surface area contributed by atoms with Crippen LogP contribution in [0, 0.1) is 0 Å². The molecule has 1 aliphatic heterocycles. The van der Waals surface area contributed by atoms with Crippen molar-refractivity contribution in [2.24, 2.45) is 0 Å². The van der Waals surface area contributed by atoms with E-state index in [1.54, 1.807) is 0 Å². The number of rotatable bonds is 1. The lowest BCUT2D eigenvalue weighted by atomic mass is 9.59. The van der Waals surface area contributed by atoms with Crippen LogP contribution in [0.15, 0.2) is 12.1 Å². The van der Waals surface area contributed by atoms with E-state index in [2.05, 4.69) is 26.3 Å². The molecule has 0 N–H and O–H groups in total. The first-order valence-corrected chi connectivity index (χ1v) is 3.43. The molecule has 1 atom stereocenters. The van der Waals surface area contributed by atoms with Gasteiger partial charge in [0.2, 0.25) is 0 Å². The van der Waals surface area contributed by atoms with Crippen molar-refractivity contribution < 1.29 is 0 Å². The largest absolute Gasteiger partial charge is 0.144 e. The normalized spacial score (nSPS) is 27.4. The Morgan fingerprint density at radius 2 is 2.62 bits per heavy atom. The van der Waals surface area contributed by atoms with Crippen LogP contribution in [0.1, 0.15) is 26.2 Å². The second kappa shape index (κ2) is 2.96. The maximum atomic E-state index is 2.31. The first-order chi connectivity index (χ1) is 3.93. The van der Waals surface area contributed by atoms with Crippen LogP contribution >= 0.6 is 0 Å². The summed E-state index contributed by atoms with van der Waals surface area (Å²) >= 11 is 0. The molecule has 0 aromatic heterocycles. The molecular formula is C7H12B. The minimum Gasteiger partial charge on any atom is -0.126 e. The van der Waals surface area contributed by atoms with E-state index in [0.717, 1.165) is 5.82 Å². The third-order valence-electron chi connectivity index (χ3n) is 1.75. The molecule has 0 saturated heterocycles.